The molecule has 0 radical (unpaired) electrons. The van der Waals surface area contributed by atoms with Crippen LogP contribution in [0, 0.1) is 0 Å². The smallest absolute Gasteiger partial charge is 0.00145 e. The van der Waals surface area contributed by atoms with Gasteiger partial charge in [-0.3, -0.25) is 0 Å². The average molecular weight is 286 g/mol. The van der Waals surface area contributed by atoms with Crippen LogP contribution in [0.4, 0.5) is 0 Å². The molecule has 0 saturated carbocycles. The summed E-state index contributed by atoms with van der Waals surface area (Å²) in [5.74, 6) is 0. The maximum absolute atomic E-state index is 2.24. The Balaban J connectivity index is 2.02. The van der Waals surface area contributed by atoms with Crippen molar-refractivity contribution in [2.24, 2.45) is 0 Å². The summed E-state index contributed by atoms with van der Waals surface area (Å²) in [7, 11) is 0. The van der Waals surface area contributed by atoms with Crippen LogP contribution in [-0.4, -0.2) is 0 Å². The van der Waals surface area contributed by atoms with Gasteiger partial charge in [0, 0.05) is 0 Å². The first-order chi connectivity index (χ1) is 10.4. The zero-order valence-corrected chi connectivity index (χ0v) is 12.3. The third-order valence-corrected chi connectivity index (χ3v) is 4.52. The maximum atomic E-state index is 2.24. The summed E-state index contributed by atoms with van der Waals surface area (Å²) in [6.45, 7) is 0. The minimum absolute atomic E-state index is 1.27. The summed E-state index contributed by atoms with van der Waals surface area (Å²) in [4.78, 5) is 0. The summed E-state index contributed by atoms with van der Waals surface area (Å²) in [6.07, 6.45) is 0. The highest BCUT2D eigenvalue weighted by molar-refractivity contribution is 7.08. The van der Waals surface area contributed by atoms with E-state index in [1.165, 1.54) is 33.0 Å². The van der Waals surface area contributed by atoms with E-state index in [1.807, 2.05) is 0 Å². The molecule has 1 aromatic heterocycles. The minimum atomic E-state index is 1.27. The van der Waals surface area contributed by atoms with Gasteiger partial charge in [-0.05, 0) is 49.9 Å². The number of fused-ring (bicyclic) bond motifs is 1. The Morgan fingerprint density at radius 3 is 1.76 bits per heavy atom. The molecule has 1 heterocycles. The van der Waals surface area contributed by atoms with Crippen LogP contribution in [-0.2, 0) is 0 Å². The molecule has 0 spiro atoms. The third-order valence-electron chi connectivity index (χ3n) is 3.84. The predicted octanol–water partition coefficient (Wildman–Crippen LogP) is 6.24. The van der Waals surface area contributed by atoms with Gasteiger partial charge in [-0.25, -0.2) is 0 Å². The van der Waals surface area contributed by atoms with Gasteiger partial charge in [0.05, 0.1) is 0 Å². The summed E-state index contributed by atoms with van der Waals surface area (Å²) < 4.78 is 0. The molecule has 1 heteroatoms. The average Bonchev–Trinajstić information content (AvgIpc) is 3.09. The maximum Gasteiger partial charge on any atom is -0.00145 e. The highest BCUT2D eigenvalue weighted by Gasteiger charge is 2.08. The second-order valence-electron chi connectivity index (χ2n) is 5.08. The van der Waals surface area contributed by atoms with Gasteiger partial charge in [0.25, 0.3) is 0 Å². The van der Waals surface area contributed by atoms with Gasteiger partial charge in [0.1, 0.15) is 0 Å². The SMILES string of the molecule is c1ccc(-c2ccc(-c3ccsc3)c3ccccc23)cc1. The summed E-state index contributed by atoms with van der Waals surface area (Å²) in [5, 5.41) is 6.98. The molecule has 21 heavy (non-hydrogen) atoms. The minimum Gasteiger partial charge on any atom is -0.152 e. The zero-order valence-electron chi connectivity index (χ0n) is 11.5. The molecule has 0 aliphatic heterocycles. The molecule has 0 amide bonds. The van der Waals surface area contributed by atoms with Crippen LogP contribution >= 0.6 is 11.3 Å². The monoisotopic (exact) mass is 286 g/mol. The van der Waals surface area contributed by atoms with E-state index in [-0.39, 0.29) is 0 Å². The molecule has 3 aromatic carbocycles. The van der Waals surface area contributed by atoms with Crippen molar-refractivity contribution in [3.05, 3.63) is 83.6 Å². The second-order valence-corrected chi connectivity index (χ2v) is 5.86. The topological polar surface area (TPSA) is 0 Å². The molecule has 4 rings (SSSR count). The van der Waals surface area contributed by atoms with E-state index >= 15 is 0 Å². The lowest BCUT2D eigenvalue weighted by molar-refractivity contribution is 1.64. The lowest BCUT2D eigenvalue weighted by Gasteiger charge is -2.11. The third kappa shape index (κ3) is 2.16. The van der Waals surface area contributed by atoms with Crippen molar-refractivity contribution >= 4 is 22.1 Å². The van der Waals surface area contributed by atoms with Crippen molar-refractivity contribution in [3.63, 3.8) is 0 Å². The van der Waals surface area contributed by atoms with Crippen LogP contribution in [0.15, 0.2) is 83.6 Å². The van der Waals surface area contributed by atoms with Crippen molar-refractivity contribution in [2.75, 3.05) is 0 Å². The van der Waals surface area contributed by atoms with Gasteiger partial charge in [-0.1, -0.05) is 66.7 Å². The fraction of sp³-hybridized carbons (Fsp3) is 0. The zero-order chi connectivity index (χ0) is 14.1. The quantitative estimate of drug-likeness (QED) is 0.409. The number of rotatable bonds is 2. The first kappa shape index (κ1) is 12.4. The first-order valence-electron chi connectivity index (χ1n) is 7.03. The molecule has 4 aromatic rings. The van der Waals surface area contributed by atoms with Gasteiger partial charge in [0.2, 0.25) is 0 Å². The fourth-order valence-corrected chi connectivity index (χ4v) is 3.49. The van der Waals surface area contributed by atoms with E-state index < -0.39 is 0 Å². The first-order valence-corrected chi connectivity index (χ1v) is 7.97. The number of hydrogen-bond acceptors (Lipinski definition) is 1. The molecule has 0 fully saturated rings. The molecular formula is C20H14S. The lowest BCUT2D eigenvalue weighted by Crippen LogP contribution is -1.84. The van der Waals surface area contributed by atoms with Crippen LogP contribution < -0.4 is 0 Å². The lowest BCUT2D eigenvalue weighted by atomic mass is 9.93. The molecule has 0 aliphatic rings. The van der Waals surface area contributed by atoms with Crippen LogP contribution in [0.5, 0.6) is 0 Å². The molecule has 0 aliphatic carbocycles. The normalized spacial score (nSPS) is 10.9. The summed E-state index contributed by atoms with van der Waals surface area (Å²) in [6, 6.07) is 25.9. The molecule has 0 saturated heterocycles. The highest BCUT2D eigenvalue weighted by atomic mass is 32.1. The molecule has 0 bridgehead atoms. The van der Waals surface area contributed by atoms with Crippen LogP contribution in [0.2, 0.25) is 0 Å². The van der Waals surface area contributed by atoms with Crippen molar-refractivity contribution < 1.29 is 0 Å². The van der Waals surface area contributed by atoms with Gasteiger partial charge < -0.3 is 0 Å². The van der Waals surface area contributed by atoms with E-state index in [9.17, 15) is 0 Å². The van der Waals surface area contributed by atoms with E-state index in [1.54, 1.807) is 11.3 Å². The molecular weight excluding hydrogens is 272 g/mol. The van der Waals surface area contributed by atoms with Gasteiger partial charge in [-0.2, -0.15) is 11.3 Å². The second kappa shape index (κ2) is 5.19. The van der Waals surface area contributed by atoms with E-state index in [2.05, 4.69) is 83.6 Å². The van der Waals surface area contributed by atoms with E-state index in [0.717, 1.165) is 0 Å². The molecule has 100 valence electrons. The van der Waals surface area contributed by atoms with Crippen molar-refractivity contribution in [1.29, 1.82) is 0 Å². The van der Waals surface area contributed by atoms with E-state index in [0.29, 0.717) is 0 Å². The largest absolute Gasteiger partial charge is 0.152 e. The van der Waals surface area contributed by atoms with Crippen molar-refractivity contribution in [2.45, 2.75) is 0 Å². The molecule has 0 N–H and O–H groups in total. The Labute approximate surface area is 128 Å². The summed E-state index contributed by atoms with van der Waals surface area (Å²) >= 11 is 1.74. The van der Waals surface area contributed by atoms with Gasteiger partial charge in [-0.15, -0.1) is 0 Å². The summed E-state index contributed by atoms with van der Waals surface area (Å²) in [5.41, 5.74) is 5.18. The Morgan fingerprint density at radius 1 is 0.524 bits per heavy atom. The standard InChI is InChI=1S/C20H14S/c1-2-6-15(7-3-1)17-10-11-18(16-12-13-21-14-16)20-9-5-4-8-19(17)20/h1-14H. The molecule has 0 unspecified atom stereocenters. The Morgan fingerprint density at radius 2 is 1.14 bits per heavy atom. The van der Waals surface area contributed by atoms with Gasteiger partial charge in [0.15, 0.2) is 0 Å². The molecule has 0 nitrogen and oxygen atoms in total. The van der Waals surface area contributed by atoms with Crippen molar-refractivity contribution in [1.82, 2.24) is 0 Å². The Kier molecular flexibility index (Phi) is 3.06. The van der Waals surface area contributed by atoms with Crippen molar-refractivity contribution in [3.8, 4) is 22.3 Å². The number of thiophene rings is 1. The Bertz CT molecular complexity index is 874. The number of benzene rings is 3. The highest BCUT2D eigenvalue weighted by Crippen LogP contribution is 2.36. The number of hydrogen-bond donors (Lipinski definition) is 0. The van der Waals surface area contributed by atoms with Crippen LogP contribution in [0.25, 0.3) is 33.0 Å². The van der Waals surface area contributed by atoms with E-state index in [4.69, 9.17) is 0 Å². The molecule has 0 atom stereocenters. The van der Waals surface area contributed by atoms with Crippen LogP contribution in [0.3, 0.4) is 0 Å². The fourth-order valence-electron chi connectivity index (χ4n) is 2.84. The van der Waals surface area contributed by atoms with Crippen LogP contribution in [0.1, 0.15) is 0 Å². The van der Waals surface area contributed by atoms with Gasteiger partial charge >= 0.3 is 0 Å². The predicted molar refractivity (Wildman–Crippen MR) is 92.7 cm³/mol. The Hall–Kier alpha value is -2.38.